The van der Waals surface area contributed by atoms with E-state index in [9.17, 15) is 30.3 Å². The molecule has 35 heavy (non-hydrogen) atoms. The van der Waals surface area contributed by atoms with E-state index in [0.717, 1.165) is 25.8 Å². The Balaban J connectivity index is 1.60. The third kappa shape index (κ3) is 3.77. The minimum atomic E-state index is -1.54. The number of hydrogen-bond donors (Lipinski definition) is 5. The van der Waals surface area contributed by atoms with Gasteiger partial charge in [0.15, 0.2) is 17.6 Å². The summed E-state index contributed by atoms with van der Waals surface area (Å²) in [5.74, 6) is -1.88. The highest BCUT2D eigenvalue weighted by Gasteiger charge is 2.54. The van der Waals surface area contributed by atoms with E-state index in [1.165, 1.54) is 7.11 Å². The molecule has 3 aliphatic heterocycles. The topological polar surface area (TPSA) is 149 Å². The van der Waals surface area contributed by atoms with E-state index in [1.54, 1.807) is 0 Å². The number of nitrogens with zero attached hydrogens (tertiary/aromatic N) is 1. The van der Waals surface area contributed by atoms with Crippen molar-refractivity contribution in [3.63, 3.8) is 0 Å². The first-order valence-corrected chi connectivity index (χ1v) is 12.1. The monoisotopic (exact) mass is 493 g/mol. The SMILES string of the molecule is COc1c(O)c(CN2C[C@@]3(C)C[C@H]2CC(C)(C)C3)c2c(c1O)[C@H]1O[C@H](CO)[C@@H](O)[C@H](O)[C@@H]1OC2=O. The summed E-state index contributed by atoms with van der Waals surface area (Å²) in [6, 6.07) is 0.271. The number of fused-ring (bicyclic) bond motifs is 5. The van der Waals surface area contributed by atoms with E-state index in [0.29, 0.717) is 0 Å². The predicted molar refractivity (Wildman–Crippen MR) is 122 cm³/mol. The number of aromatic hydroxyl groups is 2. The zero-order valence-electron chi connectivity index (χ0n) is 20.5. The molecule has 3 fully saturated rings. The van der Waals surface area contributed by atoms with E-state index >= 15 is 0 Å². The molecule has 0 spiro atoms. The van der Waals surface area contributed by atoms with Crippen molar-refractivity contribution in [3.05, 3.63) is 16.7 Å². The number of ether oxygens (including phenoxy) is 3. The molecule has 3 heterocycles. The molecule has 0 unspecified atom stereocenters. The summed E-state index contributed by atoms with van der Waals surface area (Å²) in [4.78, 5) is 15.5. The van der Waals surface area contributed by atoms with Gasteiger partial charge in [-0.3, -0.25) is 4.90 Å². The van der Waals surface area contributed by atoms with Gasteiger partial charge >= 0.3 is 5.97 Å². The number of phenolic OH excluding ortho intramolecular Hbond substituents is 2. The summed E-state index contributed by atoms with van der Waals surface area (Å²) >= 11 is 0. The highest BCUT2D eigenvalue weighted by molar-refractivity contribution is 5.97. The molecular weight excluding hydrogens is 458 g/mol. The van der Waals surface area contributed by atoms with Crippen molar-refractivity contribution in [3.8, 4) is 17.2 Å². The Hall–Kier alpha value is -2.11. The van der Waals surface area contributed by atoms with E-state index in [2.05, 4.69) is 25.7 Å². The number of phenols is 2. The number of carbonyl (C=O) groups excluding carboxylic acids is 1. The second-order valence-corrected chi connectivity index (χ2v) is 11.7. The smallest absolute Gasteiger partial charge is 0.339 e. The van der Waals surface area contributed by atoms with Gasteiger partial charge < -0.3 is 39.7 Å². The quantitative estimate of drug-likeness (QED) is 0.387. The molecule has 0 aromatic heterocycles. The van der Waals surface area contributed by atoms with Crippen LogP contribution >= 0.6 is 0 Å². The number of esters is 1. The minimum absolute atomic E-state index is 0.0222. The Morgan fingerprint density at radius 1 is 1.11 bits per heavy atom. The molecular formula is C25H35NO9. The molecule has 1 aliphatic carbocycles. The molecule has 0 amide bonds. The number of likely N-dealkylation sites (tertiary alicyclic amines) is 1. The van der Waals surface area contributed by atoms with Crippen LogP contribution in [0.1, 0.15) is 67.6 Å². The first-order chi connectivity index (χ1) is 16.4. The van der Waals surface area contributed by atoms with Gasteiger partial charge in [0.25, 0.3) is 0 Å². The molecule has 5 N–H and O–H groups in total. The van der Waals surface area contributed by atoms with Gasteiger partial charge in [0, 0.05) is 30.3 Å². The van der Waals surface area contributed by atoms with E-state index < -0.39 is 48.8 Å². The van der Waals surface area contributed by atoms with Crippen LogP contribution in [0.25, 0.3) is 0 Å². The normalized spacial score (nSPS) is 38.0. The zero-order valence-corrected chi connectivity index (χ0v) is 20.5. The van der Waals surface area contributed by atoms with E-state index in [1.807, 2.05) is 0 Å². The fraction of sp³-hybridized carbons (Fsp3) is 0.720. The van der Waals surface area contributed by atoms with Crippen LogP contribution in [0.2, 0.25) is 0 Å². The van der Waals surface area contributed by atoms with Gasteiger partial charge in [-0.25, -0.2) is 4.79 Å². The first kappa shape index (κ1) is 24.6. The average Bonchev–Trinajstić information content (AvgIpc) is 3.01. The van der Waals surface area contributed by atoms with Crippen LogP contribution in [-0.4, -0.2) is 87.1 Å². The number of rotatable bonds is 4. The lowest BCUT2D eigenvalue weighted by atomic mass is 9.65. The molecule has 1 aromatic carbocycles. The van der Waals surface area contributed by atoms with Crippen LogP contribution in [0, 0.1) is 10.8 Å². The second-order valence-electron chi connectivity index (χ2n) is 11.7. The maximum Gasteiger partial charge on any atom is 0.339 e. The zero-order chi connectivity index (χ0) is 25.4. The molecule has 7 atom stereocenters. The molecule has 0 radical (unpaired) electrons. The number of benzene rings is 1. The fourth-order valence-electron chi connectivity index (χ4n) is 7.23. The molecule has 10 nitrogen and oxygen atoms in total. The third-order valence-electron chi connectivity index (χ3n) is 8.23. The van der Waals surface area contributed by atoms with Crippen LogP contribution in [0.15, 0.2) is 0 Å². The van der Waals surface area contributed by atoms with Crippen LogP contribution in [0.3, 0.4) is 0 Å². The minimum Gasteiger partial charge on any atom is -0.504 e. The van der Waals surface area contributed by atoms with Crippen LogP contribution in [0.4, 0.5) is 0 Å². The Morgan fingerprint density at radius 3 is 2.49 bits per heavy atom. The highest BCUT2D eigenvalue weighted by atomic mass is 16.6. The Bertz CT molecular complexity index is 1040. The van der Waals surface area contributed by atoms with E-state index in [-0.39, 0.29) is 51.6 Å². The van der Waals surface area contributed by atoms with Crippen molar-refractivity contribution in [1.82, 2.24) is 4.90 Å². The van der Waals surface area contributed by atoms with Crippen LogP contribution in [-0.2, 0) is 16.0 Å². The number of hydrogen-bond acceptors (Lipinski definition) is 10. The van der Waals surface area contributed by atoms with Crippen molar-refractivity contribution in [1.29, 1.82) is 0 Å². The molecule has 5 rings (SSSR count). The Morgan fingerprint density at radius 2 is 1.83 bits per heavy atom. The van der Waals surface area contributed by atoms with Crippen molar-refractivity contribution in [2.75, 3.05) is 20.3 Å². The average molecular weight is 494 g/mol. The van der Waals surface area contributed by atoms with Crippen molar-refractivity contribution >= 4 is 5.97 Å². The molecule has 4 aliphatic rings. The molecule has 194 valence electrons. The summed E-state index contributed by atoms with van der Waals surface area (Å²) in [6.45, 7) is 7.25. The van der Waals surface area contributed by atoms with Gasteiger partial charge in [0.2, 0.25) is 5.75 Å². The molecule has 2 saturated heterocycles. The summed E-state index contributed by atoms with van der Waals surface area (Å²) in [7, 11) is 1.30. The number of methoxy groups -OCH3 is 1. The van der Waals surface area contributed by atoms with Gasteiger partial charge in [0.05, 0.1) is 19.3 Å². The molecule has 1 aromatic rings. The van der Waals surface area contributed by atoms with E-state index in [4.69, 9.17) is 14.2 Å². The van der Waals surface area contributed by atoms with Gasteiger partial charge in [0.1, 0.15) is 24.4 Å². The lowest BCUT2D eigenvalue weighted by Gasteiger charge is -2.45. The molecule has 2 bridgehead atoms. The van der Waals surface area contributed by atoms with Crippen molar-refractivity contribution < 1.29 is 44.5 Å². The summed E-state index contributed by atoms with van der Waals surface area (Å²) in [6.07, 6.45) is -3.55. The maximum atomic E-state index is 13.2. The van der Waals surface area contributed by atoms with Crippen LogP contribution in [0.5, 0.6) is 17.2 Å². The van der Waals surface area contributed by atoms with Gasteiger partial charge in [-0.15, -0.1) is 0 Å². The summed E-state index contributed by atoms with van der Waals surface area (Å²) in [5, 5.41) is 52.6. The second kappa shape index (κ2) is 8.21. The lowest BCUT2D eigenvalue weighted by molar-refractivity contribution is -0.235. The van der Waals surface area contributed by atoms with Gasteiger partial charge in [-0.05, 0) is 30.1 Å². The lowest BCUT2D eigenvalue weighted by Crippen LogP contribution is -2.58. The number of carbonyl (C=O) groups is 1. The summed E-state index contributed by atoms with van der Waals surface area (Å²) < 4.78 is 16.6. The predicted octanol–water partition coefficient (Wildman–Crippen LogP) is 1.20. The van der Waals surface area contributed by atoms with Crippen LogP contribution < -0.4 is 4.74 Å². The van der Waals surface area contributed by atoms with Crippen molar-refractivity contribution in [2.24, 2.45) is 10.8 Å². The standard InChI is InChI=1S/C25H35NO9/c1-24(2)5-11-6-25(3,9-24)10-26(11)7-12-14-15(18(30)21(33-4)16(12)28)20-22(35-23(14)32)19(31)17(29)13(8-27)34-20/h11,13,17,19-20,22,27-31H,5-10H2,1-4H3/t11-,13-,17-,19+,20-,22+,25+/m1/s1. The number of aliphatic hydroxyl groups is 3. The largest absolute Gasteiger partial charge is 0.504 e. The maximum absolute atomic E-state index is 13.2. The first-order valence-electron chi connectivity index (χ1n) is 12.1. The summed E-state index contributed by atoms with van der Waals surface area (Å²) in [5.41, 5.74) is 0.549. The molecule has 1 saturated carbocycles. The Kier molecular flexibility index (Phi) is 5.76. The van der Waals surface area contributed by atoms with Crippen molar-refractivity contribution in [2.45, 2.75) is 83.1 Å². The van der Waals surface area contributed by atoms with Gasteiger partial charge in [-0.1, -0.05) is 20.8 Å². The fourth-order valence-corrected chi connectivity index (χ4v) is 7.23. The molecule has 10 heteroatoms. The third-order valence-corrected chi connectivity index (χ3v) is 8.23. The highest BCUT2D eigenvalue weighted by Crippen LogP contribution is 2.55. The van der Waals surface area contributed by atoms with Gasteiger partial charge in [-0.2, -0.15) is 0 Å². The number of aliphatic hydroxyl groups excluding tert-OH is 3. The Labute approximate surface area is 204 Å².